The molecule has 2 N–H and O–H groups in total. The number of rotatable bonds is 13. The summed E-state index contributed by atoms with van der Waals surface area (Å²) in [5, 5.41) is 9.53. The molecule has 3 saturated heterocycles. The first-order valence-corrected chi connectivity index (χ1v) is 23.3. The lowest BCUT2D eigenvalue weighted by Gasteiger charge is -2.39. The molecule has 6 rings (SSSR count). The fraction of sp³-hybridized carbons (Fsp3) is 0.595. The average molecular weight is 921 g/mol. The second-order valence-corrected chi connectivity index (χ2v) is 21.2. The summed E-state index contributed by atoms with van der Waals surface area (Å²) in [6, 6.07) is 4.00. The van der Waals surface area contributed by atoms with E-state index in [0.29, 0.717) is 55.7 Å². The lowest BCUT2D eigenvalue weighted by Crippen LogP contribution is -2.57. The number of hydrogen-bond acceptors (Lipinski definition) is 13. The molecule has 0 spiro atoms. The Bertz CT molecular complexity index is 2200. The van der Waals surface area contributed by atoms with Crippen LogP contribution in [0.4, 0.5) is 8.78 Å². The Morgan fingerprint density at radius 1 is 0.873 bits per heavy atom. The maximum atomic E-state index is 16.3. The Hall–Kier alpha value is -4.78. The van der Waals surface area contributed by atoms with Crippen LogP contribution in [0.3, 0.4) is 0 Å². The number of amides is 4. The molecule has 0 radical (unpaired) electrons. The molecule has 3 atom stereocenters. The summed E-state index contributed by atoms with van der Waals surface area (Å²) in [4.78, 5) is 84.4. The van der Waals surface area contributed by atoms with Crippen molar-refractivity contribution in [2.75, 3.05) is 46.3 Å². The second kappa shape index (κ2) is 19.1. The summed E-state index contributed by atoms with van der Waals surface area (Å²) in [6.07, 6.45) is 7.08. The van der Waals surface area contributed by atoms with E-state index in [1.165, 1.54) is 66.1 Å². The van der Waals surface area contributed by atoms with Crippen molar-refractivity contribution in [3.05, 3.63) is 52.7 Å². The number of esters is 2. The number of thiophene rings is 1. The number of carbonyl (C=O) groups is 6. The van der Waals surface area contributed by atoms with Gasteiger partial charge in [0.25, 0.3) is 11.8 Å². The number of piperazine rings is 1. The first kappa shape index (κ1) is 47.7. The number of carbonyl (C=O) groups excluding carboxylic acids is 6. The van der Waals surface area contributed by atoms with Crippen molar-refractivity contribution in [2.45, 2.75) is 97.8 Å². The third-order valence-electron chi connectivity index (χ3n) is 11.3. The van der Waals surface area contributed by atoms with Gasteiger partial charge in [0.2, 0.25) is 25.4 Å². The lowest BCUT2D eigenvalue weighted by molar-refractivity contribution is -0.163. The normalized spacial score (nSPS) is 20.2. The van der Waals surface area contributed by atoms with Crippen molar-refractivity contribution in [3.8, 4) is 0 Å². The van der Waals surface area contributed by atoms with Crippen molar-refractivity contribution < 1.29 is 60.6 Å². The van der Waals surface area contributed by atoms with Gasteiger partial charge in [-0.3, -0.25) is 47.5 Å². The largest absolute Gasteiger partial charge is 0.438 e. The smallest absolute Gasteiger partial charge is 0.410 e. The van der Waals surface area contributed by atoms with Crippen LogP contribution in [0.5, 0.6) is 0 Å². The monoisotopic (exact) mass is 920 g/mol. The van der Waals surface area contributed by atoms with Gasteiger partial charge in [-0.05, 0) is 90.8 Å². The Labute approximate surface area is 368 Å². The molecule has 3 aromatic rings. The maximum Gasteiger partial charge on any atom is 0.410 e. The van der Waals surface area contributed by atoms with Crippen molar-refractivity contribution in [1.82, 2.24) is 30.2 Å². The van der Waals surface area contributed by atoms with Crippen molar-refractivity contribution >= 4 is 64.6 Å². The highest BCUT2D eigenvalue weighted by atomic mass is 32.1. The molecule has 1 unspecified atom stereocenters. The van der Waals surface area contributed by atoms with Gasteiger partial charge in [-0.15, -0.1) is 11.3 Å². The van der Waals surface area contributed by atoms with Crippen LogP contribution in [-0.2, 0) is 47.9 Å². The van der Waals surface area contributed by atoms with E-state index in [9.17, 15) is 33.3 Å². The number of benzene rings is 1. The third kappa shape index (κ3) is 10.8. The number of alkyl halides is 2. The van der Waals surface area contributed by atoms with Gasteiger partial charge in [0.05, 0.1) is 33.4 Å². The van der Waals surface area contributed by atoms with Gasteiger partial charge in [0.15, 0.2) is 0 Å². The van der Waals surface area contributed by atoms with Gasteiger partial charge < -0.3 is 29.5 Å². The molecule has 0 aliphatic carbocycles. The minimum absolute atomic E-state index is 0.00834. The van der Waals surface area contributed by atoms with E-state index in [1.54, 1.807) is 14.7 Å². The quantitative estimate of drug-likeness (QED) is 0.111. The number of ether oxygens (including phenoxy) is 2. The molecule has 0 saturated carbocycles. The molecule has 0 bridgehead atoms. The van der Waals surface area contributed by atoms with E-state index in [0.717, 1.165) is 42.7 Å². The number of hydrogen-bond donors (Lipinski definition) is 2. The first-order valence-electron chi connectivity index (χ1n) is 20.9. The zero-order chi connectivity index (χ0) is 45.9. The molecule has 1 aromatic carbocycles. The Balaban J connectivity index is 1.11. The molecule has 3 fully saturated rings. The fourth-order valence-electron chi connectivity index (χ4n) is 7.66. The van der Waals surface area contributed by atoms with E-state index in [-0.39, 0.29) is 40.6 Å². The number of aromatic amines is 1. The summed E-state index contributed by atoms with van der Waals surface area (Å²) in [5.41, 5.74) is -6.77. The molecular weight excluding hydrogens is 866 g/mol. The molecule has 2 aromatic heterocycles. The fourth-order valence-corrected chi connectivity index (χ4v) is 9.86. The molecule has 63 heavy (non-hydrogen) atoms. The molecule has 17 nitrogen and oxygen atoms in total. The molecular formula is C42H55F2N6O11PS. The van der Waals surface area contributed by atoms with Crippen LogP contribution in [0.1, 0.15) is 106 Å². The average Bonchev–Trinajstić information content (AvgIpc) is 4.02. The minimum atomic E-state index is -5.57. The van der Waals surface area contributed by atoms with Gasteiger partial charge in [0, 0.05) is 55.2 Å². The number of fused-ring (bicyclic) bond motifs is 2. The Morgan fingerprint density at radius 3 is 2.10 bits per heavy atom. The summed E-state index contributed by atoms with van der Waals surface area (Å²) < 4.78 is 66.6. The highest BCUT2D eigenvalue weighted by Crippen LogP contribution is 2.67. The van der Waals surface area contributed by atoms with E-state index in [1.807, 2.05) is 0 Å². The van der Waals surface area contributed by atoms with Crippen molar-refractivity contribution in [1.29, 1.82) is 0 Å². The SMILES string of the molecule is CC(C)(C)C(=O)OCOP(=O)(OCOC(=O)C(C)(C)C)C(F)(F)c1ccc2sc(C(=O)NCC3CCCC[C@H]4CC[C@@H](C(=O)N5CCN(C(=O)c6cn[nH]c6)CC5)N4C3=O)cc2c1. The van der Waals surface area contributed by atoms with E-state index in [4.69, 9.17) is 18.5 Å². The van der Waals surface area contributed by atoms with Gasteiger partial charge in [-0.25, -0.2) is 0 Å². The van der Waals surface area contributed by atoms with Crippen LogP contribution >= 0.6 is 18.9 Å². The second-order valence-electron chi connectivity index (χ2n) is 18.0. The molecule has 4 amide bonds. The topological polar surface area (TPSA) is 207 Å². The molecule has 21 heteroatoms. The van der Waals surface area contributed by atoms with Crippen LogP contribution in [0.25, 0.3) is 10.1 Å². The Kier molecular flexibility index (Phi) is 14.5. The first-order chi connectivity index (χ1) is 29.6. The number of nitrogens with one attached hydrogen (secondary N) is 2. The predicted octanol–water partition coefficient (Wildman–Crippen LogP) is 6.26. The molecule has 3 aliphatic heterocycles. The maximum absolute atomic E-state index is 16.3. The van der Waals surface area contributed by atoms with Gasteiger partial charge in [0.1, 0.15) is 6.04 Å². The van der Waals surface area contributed by atoms with Gasteiger partial charge >= 0.3 is 25.2 Å². The van der Waals surface area contributed by atoms with Gasteiger partial charge in [-0.1, -0.05) is 18.9 Å². The highest BCUT2D eigenvalue weighted by Gasteiger charge is 2.56. The zero-order valence-corrected chi connectivity index (χ0v) is 38.0. The zero-order valence-electron chi connectivity index (χ0n) is 36.3. The van der Waals surface area contributed by atoms with Crippen molar-refractivity contribution in [3.63, 3.8) is 0 Å². The minimum Gasteiger partial charge on any atom is -0.438 e. The number of halogens is 2. The van der Waals surface area contributed by atoms with Gasteiger partial charge in [-0.2, -0.15) is 13.9 Å². The molecule has 3 aliphatic rings. The third-order valence-corrected chi connectivity index (χ3v) is 14.3. The number of nitrogens with zero attached hydrogens (tertiary/aromatic N) is 4. The van der Waals surface area contributed by atoms with E-state index in [2.05, 4.69) is 15.5 Å². The summed E-state index contributed by atoms with van der Waals surface area (Å²) >= 11 is 1.02. The van der Waals surface area contributed by atoms with Crippen LogP contribution in [0.2, 0.25) is 0 Å². The highest BCUT2D eigenvalue weighted by molar-refractivity contribution is 7.54. The van der Waals surface area contributed by atoms with Crippen LogP contribution in [0, 0.1) is 16.7 Å². The van der Waals surface area contributed by atoms with Crippen LogP contribution in [-0.4, -0.2) is 119 Å². The van der Waals surface area contributed by atoms with Crippen LogP contribution < -0.4 is 5.32 Å². The summed E-state index contributed by atoms with van der Waals surface area (Å²) in [5.74, 6) is -3.30. The lowest BCUT2D eigenvalue weighted by atomic mass is 9.94. The molecule has 344 valence electrons. The summed E-state index contributed by atoms with van der Waals surface area (Å²) in [6.45, 7) is 8.24. The Morgan fingerprint density at radius 2 is 1.49 bits per heavy atom. The number of H-pyrrole nitrogens is 1. The predicted molar refractivity (Wildman–Crippen MR) is 225 cm³/mol. The molecule has 5 heterocycles. The van der Waals surface area contributed by atoms with E-state index >= 15 is 8.78 Å². The summed E-state index contributed by atoms with van der Waals surface area (Å²) in [7, 11) is -5.57. The number of aromatic nitrogens is 2. The standard InChI is InChI=1S/C42H55F2N6O11PS/c1-40(2,3)38(55)58-24-60-62(57,61-25-59-39(56)41(4,5)6)42(43,44)29-11-14-32-27(19-29)20-33(63-32)34(51)45-21-26-9-7-8-10-30-12-13-31(50(30)36(26)53)37(54)49-17-15-48(16-18-49)35(52)28-22-46-47-23-28/h11,14,19-20,22-23,26,30-31H,7-10,12-13,15-18,21,24-25H2,1-6H3,(H,45,51)(H,46,47)/t26?,30-,31-/m0/s1. The van der Waals surface area contributed by atoms with E-state index < -0.39 is 73.0 Å². The van der Waals surface area contributed by atoms with Crippen molar-refractivity contribution in [2.24, 2.45) is 16.7 Å². The van der Waals surface area contributed by atoms with Crippen LogP contribution in [0.15, 0.2) is 36.7 Å².